The molecule has 0 saturated heterocycles. The summed E-state index contributed by atoms with van der Waals surface area (Å²) >= 11 is 4.12. The molecule has 0 saturated carbocycles. The van der Waals surface area contributed by atoms with Crippen LogP contribution in [0.15, 0.2) is 17.1 Å². The molecule has 43 heavy (non-hydrogen) atoms. The van der Waals surface area contributed by atoms with Crippen LogP contribution in [-0.2, 0) is 20.8 Å². The molecule has 0 radical (unpaired) electrons. The van der Waals surface area contributed by atoms with E-state index in [0.717, 1.165) is 57.4 Å². The minimum absolute atomic E-state index is 0.0102. The fourth-order valence-electron chi connectivity index (χ4n) is 3.99. The lowest BCUT2D eigenvalue weighted by atomic mass is 10.0. The number of amides is 3. The molecule has 2 atom stereocenters. The summed E-state index contributed by atoms with van der Waals surface area (Å²) in [6, 6.07) is 2.37. The van der Waals surface area contributed by atoms with E-state index in [9.17, 15) is 19.5 Å². The van der Waals surface area contributed by atoms with Crippen LogP contribution in [0.25, 0.3) is 0 Å². The molecule has 0 unspecified atom stereocenters. The van der Waals surface area contributed by atoms with Crippen LogP contribution in [-0.4, -0.2) is 86.7 Å². The third-order valence-electron chi connectivity index (χ3n) is 6.33. The smallest absolute Gasteiger partial charge is 0.242 e. The summed E-state index contributed by atoms with van der Waals surface area (Å²) < 4.78 is 1.42. The Morgan fingerprint density at radius 2 is 1.42 bits per heavy atom. The Kier molecular flexibility index (Phi) is 21.3. The molecule has 1 rings (SSSR count). The van der Waals surface area contributed by atoms with Gasteiger partial charge in [0, 0.05) is 32.5 Å². The van der Waals surface area contributed by atoms with Crippen LogP contribution in [0.4, 0.5) is 0 Å². The number of hydrogen-bond donors (Lipinski definition) is 9. The number of aromatic hydroxyl groups is 1. The van der Waals surface area contributed by atoms with E-state index in [-0.39, 0.29) is 29.4 Å². The first kappa shape index (κ1) is 39.1. The summed E-state index contributed by atoms with van der Waals surface area (Å²) in [5, 5.41) is 25.4. The van der Waals surface area contributed by atoms with E-state index in [2.05, 4.69) is 76.8 Å². The molecule has 12 N–H and O–H groups in total. The van der Waals surface area contributed by atoms with Crippen LogP contribution in [0.2, 0.25) is 0 Å². The molecule has 244 valence electrons. The van der Waals surface area contributed by atoms with Crippen molar-refractivity contribution in [3.05, 3.63) is 24.8 Å². The highest BCUT2D eigenvalue weighted by atomic mass is 127. The zero-order chi connectivity index (χ0) is 32.0. The average molecular weight is 830 g/mol. The van der Waals surface area contributed by atoms with Gasteiger partial charge in [-0.1, -0.05) is 6.92 Å². The summed E-state index contributed by atoms with van der Waals surface area (Å²) in [5.74, 6) is -0.343. The van der Waals surface area contributed by atoms with Crippen LogP contribution < -0.4 is 43.8 Å². The standard InChI is InChI=1S/C28H49I2N9O4/c1-2-7-24(40)39-23(18-19-16-20(29)25(41)21(30)17-19)27(43)37-14-6-12-35-10-4-3-9-34-11-5-13-36-26(42)22(31)8-15-38-28(32)33/h16-17,22-23,34-35,41H,2-15,18,31H2,1H3,(H,36,42)(H,37,43)(H,39,40)(H4,32,33,38)/t22-,23-/m0/s1. The van der Waals surface area contributed by atoms with Crippen molar-refractivity contribution in [1.82, 2.24) is 26.6 Å². The maximum absolute atomic E-state index is 12.9. The lowest BCUT2D eigenvalue weighted by molar-refractivity contribution is -0.129. The van der Waals surface area contributed by atoms with Gasteiger partial charge in [0.15, 0.2) is 5.96 Å². The average Bonchev–Trinajstić information content (AvgIpc) is 2.95. The number of phenolic OH excluding ortho intramolecular Hbond substituents is 1. The Hall–Kier alpha value is -1.96. The predicted molar refractivity (Wildman–Crippen MR) is 188 cm³/mol. The van der Waals surface area contributed by atoms with Crippen LogP contribution in [0.3, 0.4) is 0 Å². The van der Waals surface area contributed by atoms with E-state index in [1.807, 2.05) is 19.1 Å². The molecule has 0 aliphatic heterocycles. The molecule has 1 aromatic carbocycles. The van der Waals surface area contributed by atoms with E-state index < -0.39 is 12.1 Å². The first-order chi connectivity index (χ1) is 20.5. The largest absolute Gasteiger partial charge is 0.506 e. The third kappa shape index (κ3) is 18.4. The van der Waals surface area contributed by atoms with Crippen LogP contribution in [0.5, 0.6) is 5.75 Å². The molecular formula is C28H49I2N9O4. The van der Waals surface area contributed by atoms with E-state index in [4.69, 9.17) is 17.2 Å². The normalized spacial score (nSPS) is 12.3. The molecule has 0 heterocycles. The second kappa shape index (κ2) is 23.4. The van der Waals surface area contributed by atoms with Gasteiger partial charge in [-0.25, -0.2) is 0 Å². The number of nitrogens with one attached hydrogen (secondary N) is 5. The zero-order valence-electron chi connectivity index (χ0n) is 25.0. The van der Waals surface area contributed by atoms with Gasteiger partial charge in [0.2, 0.25) is 17.7 Å². The second-order valence-corrected chi connectivity index (χ2v) is 12.5. The zero-order valence-corrected chi connectivity index (χ0v) is 29.3. The van der Waals surface area contributed by atoms with Crippen molar-refractivity contribution in [1.29, 1.82) is 0 Å². The van der Waals surface area contributed by atoms with Crippen molar-refractivity contribution in [2.45, 2.75) is 70.4 Å². The number of carbonyl (C=O) groups excluding carboxylic acids is 3. The molecule has 0 aliphatic carbocycles. The van der Waals surface area contributed by atoms with E-state index >= 15 is 0 Å². The van der Waals surface area contributed by atoms with Crippen molar-refractivity contribution in [3.8, 4) is 5.75 Å². The topological polar surface area (TPSA) is 222 Å². The predicted octanol–water partition coefficient (Wildman–Crippen LogP) is 0.392. The number of carbonyl (C=O) groups is 3. The van der Waals surface area contributed by atoms with Crippen molar-refractivity contribution >= 4 is 68.9 Å². The quantitative estimate of drug-likeness (QED) is 0.0322. The number of guanidine groups is 1. The van der Waals surface area contributed by atoms with E-state index in [0.29, 0.717) is 52.5 Å². The molecular weight excluding hydrogens is 780 g/mol. The molecule has 0 bridgehead atoms. The first-order valence-corrected chi connectivity index (χ1v) is 16.9. The fourth-order valence-corrected chi connectivity index (χ4v) is 5.89. The molecule has 3 amide bonds. The third-order valence-corrected chi connectivity index (χ3v) is 7.98. The minimum Gasteiger partial charge on any atom is -0.506 e. The molecule has 13 nitrogen and oxygen atoms in total. The summed E-state index contributed by atoms with van der Waals surface area (Å²) in [5.41, 5.74) is 17.2. The maximum Gasteiger partial charge on any atom is 0.242 e. The summed E-state index contributed by atoms with van der Waals surface area (Å²) in [7, 11) is 0. The molecule has 0 spiro atoms. The maximum atomic E-state index is 12.9. The number of nitrogens with two attached hydrogens (primary N) is 3. The van der Waals surface area contributed by atoms with Crippen molar-refractivity contribution in [2.24, 2.45) is 22.2 Å². The van der Waals surface area contributed by atoms with E-state index in [1.54, 1.807) is 0 Å². The number of nitrogens with zero attached hydrogens (tertiary/aromatic N) is 1. The van der Waals surface area contributed by atoms with Crippen molar-refractivity contribution in [3.63, 3.8) is 0 Å². The first-order valence-electron chi connectivity index (χ1n) is 14.8. The highest BCUT2D eigenvalue weighted by molar-refractivity contribution is 14.1. The Morgan fingerprint density at radius 3 is 1.95 bits per heavy atom. The number of phenols is 1. The molecule has 0 fully saturated rings. The van der Waals surface area contributed by atoms with Crippen LogP contribution >= 0.6 is 45.2 Å². The van der Waals surface area contributed by atoms with Gasteiger partial charge in [-0.3, -0.25) is 19.4 Å². The van der Waals surface area contributed by atoms with Gasteiger partial charge >= 0.3 is 0 Å². The Labute approximate surface area is 282 Å². The number of hydrogen-bond acceptors (Lipinski definition) is 8. The number of unbranched alkanes of at least 4 members (excludes halogenated alkanes) is 1. The molecule has 0 aromatic heterocycles. The second-order valence-electron chi connectivity index (χ2n) is 10.2. The Bertz CT molecular complexity index is 1000. The number of halogens is 2. The molecule has 15 heteroatoms. The highest BCUT2D eigenvalue weighted by Gasteiger charge is 2.21. The monoisotopic (exact) mass is 829 g/mol. The summed E-state index contributed by atoms with van der Waals surface area (Å²) in [6.07, 6.45) is 5.46. The highest BCUT2D eigenvalue weighted by Crippen LogP contribution is 2.27. The van der Waals surface area contributed by atoms with Gasteiger partial charge in [0.1, 0.15) is 11.8 Å². The van der Waals surface area contributed by atoms with E-state index in [1.165, 1.54) is 0 Å². The van der Waals surface area contributed by atoms with Crippen molar-refractivity contribution < 1.29 is 19.5 Å². The molecule has 1 aromatic rings. The van der Waals surface area contributed by atoms with Gasteiger partial charge in [-0.05, 0) is 128 Å². The van der Waals surface area contributed by atoms with Gasteiger partial charge in [0.05, 0.1) is 13.2 Å². The lowest BCUT2D eigenvalue weighted by Gasteiger charge is -2.19. The van der Waals surface area contributed by atoms with Crippen molar-refractivity contribution in [2.75, 3.05) is 45.8 Å². The number of aliphatic imine (C=N–C) groups is 1. The SMILES string of the molecule is CCCC(=O)N[C@@H](Cc1cc(I)c(O)c(I)c1)C(=O)NCCCNCCCCNCCCNC(=O)[C@@H](N)CCN=C(N)N. The van der Waals surface area contributed by atoms with Crippen LogP contribution in [0, 0.1) is 7.14 Å². The van der Waals surface area contributed by atoms with Gasteiger partial charge < -0.3 is 48.9 Å². The van der Waals surface area contributed by atoms with Gasteiger partial charge in [-0.15, -0.1) is 0 Å². The van der Waals surface area contributed by atoms with Gasteiger partial charge in [-0.2, -0.15) is 0 Å². The summed E-state index contributed by atoms with van der Waals surface area (Å²) in [4.78, 5) is 40.9. The van der Waals surface area contributed by atoms with Gasteiger partial charge in [0.25, 0.3) is 0 Å². The Balaban J connectivity index is 2.16. The number of benzene rings is 1. The molecule has 0 aliphatic rings. The summed E-state index contributed by atoms with van der Waals surface area (Å²) in [6.45, 7) is 6.69. The lowest BCUT2D eigenvalue weighted by Crippen LogP contribution is -2.48. The Morgan fingerprint density at radius 1 is 0.884 bits per heavy atom. The van der Waals surface area contributed by atoms with Crippen LogP contribution in [0.1, 0.15) is 57.4 Å². The number of rotatable bonds is 23. The minimum atomic E-state index is -0.675. The fraction of sp³-hybridized carbons (Fsp3) is 0.643.